The van der Waals surface area contributed by atoms with Crippen LogP contribution in [-0.2, 0) is 4.79 Å². The van der Waals surface area contributed by atoms with E-state index in [1.54, 1.807) is 4.90 Å². The third kappa shape index (κ3) is 3.63. The standard InChI is InChI=1S/C17H14ClN3OS/c1-12(13-7-9-14(18)10-8-13)19-20-17-21(16(22)11-23-17)15-5-3-2-4-6-15/h2-10H,11H2,1H3/b19-12-,20-17-. The Labute approximate surface area is 143 Å². The number of amides is 1. The Hall–Kier alpha value is -2.11. The summed E-state index contributed by atoms with van der Waals surface area (Å²) in [5, 5.41) is 9.81. The van der Waals surface area contributed by atoms with Gasteiger partial charge in [0.25, 0.3) is 0 Å². The van der Waals surface area contributed by atoms with Gasteiger partial charge in [-0.05, 0) is 36.8 Å². The van der Waals surface area contributed by atoms with E-state index in [9.17, 15) is 4.79 Å². The van der Waals surface area contributed by atoms with Gasteiger partial charge in [0.05, 0.1) is 17.2 Å². The predicted molar refractivity (Wildman–Crippen MR) is 97.5 cm³/mol. The quantitative estimate of drug-likeness (QED) is 0.619. The number of carbonyl (C=O) groups is 1. The highest BCUT2D eigenvalue weighted by Gasteiger charge is 2.29. The summed E-state index contributed by atoms with van der Waals surface area (Å²) in [4.78, 5) is 13.7. The molecule has 0 radical (unpaired) electrons. The van der Waals surface area contributed by atoms with Crippen molar-refractivity contribution >= 4 is 45.8 Å². The molecule has 4 nitrogen and oxygen atoms in total. The molecule has 1 aliphatic heterocycles. The monoisotopic (exact) mass is 343 g/mol. The maximum absolute atomic E-state index is 12.1. The van der Waals surface area contributed by atoms with E-state index < -0.39 is 0 Å². The maximum atomic E-state index is 12.1. The van der Waals surface area contributed by atoms with Crippen LogP contribution in [0.15, 0.2) is 64.8 Å². The third-order valence-electron chi connectivity index (χ3n) is 3.33. The van der Waals surface area contributed by atoms with Crippen molar-refractivity contribution in [3.05, 3.63) is 65.2 Å². The number of hydrogen-bond acceptors (Lipinski definition) is 4. The van der Waals surface area contributed by atoms with Crippen LogP contribution in [-0.4, -0.2) is 22.5 Å². The van der Waals surface area contributed by atoms with Crippen LogP contribution in [0.25, 0.3) is 0 Å². The first kappa shape index (κ1) is 15.8. The molecule has 2 aromatic rings. The lowest BCUT2D eigenvalue weighted by atomic mass is 10.1. The minimum absolute atomic E-state index is 0.0132. The van der Waals surface area contributed by atoms with Crippen LogP contribution < -0.4 is 4.90 Å². The summed E-state index contributed by atoms with van der Waals surface area (Å²) in [6.45, 7) is 1.88. The molecule has 0 atom stereocenters. The van der Waals surface area contributed by atoms with Gasteiger partial charge in [0.2, 0.25) is 5.91 Å². The van der Waals surface area contributed by atoms with E-state index in [1.165, 1.54) is 11.8 Å². The average molecular weight is 344 g/mol. The van der Waals surface area contributed by atoms with Crippen LogP contribution in [0.2, 0.25) is 5.02 Å². The van der Waals surface area contributed by atoms with Crippen molar-refractivity contribution in [3.8, 4) is 0 Å². The Morgan fingerprint density at radius 1 is 1.13 bits per heavy atom. The number of thioether (sulfide) groups is 1. The summed E-state index contributed by atoms with van der Waals surface area (Å²) < 4.78 is 0. The van der Waals surface area contributed by atoms with Crippen LogP contribution in [0, 0.1) is 0 Å². The van der Waals surface area contributed by atoms with Crippen LogP contribution in [0.3, 0.4) is 0 Å². The number of carbonyl (C=O) groups excluding carboxylic acids is 1. The number of rotatable bonds is 3. The molecular weight excluding hydrogens is 330 g/mol. The molecule has 0 aromatic heterocycles. The van der Waals surface area contributed by atoms with Gasteiger partial charge in [-0.2, -0.15) is 5.10 Å². The number of anilines is 1. The molecule has 2 aromatic carbocycles. The largest absolute Gasteiger partial charge is 0.273 e. The molecule has 0 unspecified atom stereocenters. The van der Waals surface area contributed by atoms with E-state index in [-0.39, 0.29) is 5.91 Å². The van der Waals surface area contributed by atoms with Gasteiger partial charge < -0.3 is 0 Å². The molecule has 1 aliphatic rings. The number of hydrogen-bond donors (Lipinski definition) is 0. The molecule has 0 bridgehead atoms. The average Bonchev–Trinajstić information content (AvgIpc) is 2.95. The van der Waals surface area contributed by atoms with E-state index in [0.29, 0.717) is 15.9 Å². The molecule has 3 rings (SSSR count). The Morgan fingerprint density at radius 3 is 2.52 bits per heavy atom. The fraction of sp³-hybridized carbons (Fsp3) is 0.118. The van der Waals surface area contributed by atoms with Gasteiger partial charge in [-0.1, -0.05) is 53.7 Å². The molecule has 0 saturated carbocycles. The van der Waals surface area contributed by atoms with Crippen molar-refractivity contribution in [1.82, 2.24) is 0 Å². The molecule has 23 heavy (non-hydrogen) atoms. The van der Waals surface area contributed by atoms with E-state index >= 15 is 0 Å². The Bertz CT molecular complexity index is 772. The molecule has 1 amide bonds. The fourth-order valence-corrected chi connectivity index (χ4v) is 3.08. The molecular formula is C17H14ClN3OS. The van der Waals surface area contributed by atoms with Crippen molar-refractivity contribution in [2.24, 2.45) is 10.2 Å². The Balaban J connectivity index is 1.87. The summed E-state index contributed by atoms with van der Waals surface area (Å²) in [5.41, 5.74) is 2.52. The van der Waals surface area contributed by atoms with Gasteiger partial charge in [0.1, 0.15) is 0 Å². The molecule has 0 aliphatic carbocycles. The summed E-state index contributed by atoms with van der Waals surface area (Å²) in [5.74, 6) is 0.391. The molecule has 1 saturated heterocycles. The predicted octanol–water partition coefficient (Wildman–Crippen LogP) is 4.20. The summed E-state index contributed by atoms with van der Waals surface area (Å²) in [7, 11) is 0. The van der Waals surface area contributed by atoms with Crippen molar-refractivity contribution in [3.63, 3.8) is 0 Å². The van der Waals surface area contributed by atoms with E-state index in [1.807, 2.05) is 61.5 Å². The van der Waals surface area contributed by atoms with Crippen LogP contribution >= 0.6 is 23.4 Å². The van der Waals surface area contributed by atoms with E-state index in [2.05, 4.69) is 10.2 Å². The molecule has 1 heterocycles. The molecule has 1 fully saturated rings. The summed E-state index contributed by atoms with van der Waals surface area (Å²) in [6, 6.07) is 16.9. The number of halogens is 1. The van der Waals surface area contributed by atoms with Gasteiger partial charge in [-0.3, -0.25) is 9.69 Å². The second kappa shape index (κ2) is 6.98. The lowest BCUT2D eigenvalue weighted by Gasteiger charge is -2.14. The second-order valence-electron chi connectivity index (χ2n) is 4.93. The van der Waals surface area contributed by atoms with Crippen molar-refractivity contribution in [2.75, 3.05) is 10.7 Å². The van der Waals surface area contributed by atoms with Gasteiger partial charge in [-0.25, -0.2) is 0 Å². The summed E-state index contributed by atoms with van der Waals surface area (Å²) >= 11 is 7.28. The Kier molecular flexibility index (Phi) is 4.79. The molecule has 0 N–H and O–H groups in total. The SMILES string of the molecule is C/C(=N/N=C1\SCC(=O)N1c1ccccc1)c1ccc(Cl)cc1. The van der Waals surface area contributed by atoms with Crippen LogP contribution in [0.1, 0.15) is 12.5 Å². The topological polar surface area (TPSA) is 45.0 Å². The van der Waals surface area contributed by atoms with Gasteiger partial charge in [0.15, 0.2) is 5.17 Å². The first-order valence-electron chi connectivity index (χ1n) is 7.04. The minimum Gasteiger partial charge on any atom is -0.273 e. The smallest absolute Gasteiger partial charge is 0.243 e. The summed E-state index contributed by atoms with van der Waals surface area (Å²) in [6.07, 6.45) is 0. The highest BCUT2D eigenvalue weighted by Crippen LogP contribution is 2.26. The van der Waals surface area contributed by atoms with E-state index in [4.69, 9.17) is 11.6 Å². The number of nitrogens with zero attached hydrogens (tertiary/aromatic N) is 3. The normalized spacial score (nSPS) is 17.1. The molecule has 6 heteroatoms. The van der Waals surface area contributed by atoms with Crippen LogP contribution in [0.5, 0.6) is 0 Å². The zero-order valence-corrected chi connectivity index (χ0v) is 14.0. The van der Waals surface area contributed by atoms with Gasteiger partial charge in [-0.15, -0.1) is 5.10 Å². The zero-order valence-electron chi connectivity index (χ0n) is 12.4. The number of amidine groups is 1. The minimum atomic E-state index is 0.0132. The first-order valence-corrected chi connectivity index (χ1v) is 8.40. The van der Waals surface area contributed by atoms with Crippen molar-refractivity contribution < 1.29 is 4.79 Å². The van der Waals surface area contributed by atoms with Gasteiger partial charge >= 0.3 is 0 Å². The van der Waals surface area contributed by atoms with Crippen molar-refractivity contribution in [1.29, 1.82) is 0 Å². The molecule has 116 valence electrons. The third-order valence-corrected chi connectivity index (χ3v) is 4.49. The highest BCUT2D eigenvalue weighted by molar-refractivity contribution is 8.15. The zero-order chi connectivity index (χ0) is 16.2. The molecule has 0 spiro atoms. The lowest BCUT2D eigenvalue weighted by molar-refractivity contribution is -0.115. The van der Waals surface area contributed by atoms with E-state index in [0.717, 1.165) is 17.0 Å². The number of benzene rings is 2. The lowest BCUT2D eigenvalue weighted by Crippen LogP contribution is -2.28. The van der Waals surface area contributed by atoms with Crippen molar-refractivity contribution in [2.45, 2.75) is 6.92 Å². The Morgan fingerprint density at radius 2 is 1.83 bits per heavy atom. The van der Waals surface area contributed by atoms with Gasteiger partial charge in [0, 0.05) is 5.02 Å². The second-order valence-corrected chi connectivity index (χ2v) is 6.31. The fourth-order valence-electron chi connectivity index (χ4n) is 2.13. The first-order chi connectivity index (χ1) is 11.1. The maximum Gasteiger partial charge on any atom is 0.243 e. The van der Waals surface area contributed by atoms with Crippen LogP contribution in [0.4, 0.5) is 5.69 Å². The highest BCUT2D eigenvalue weighted by atomic mass is 35.5. The number of para-hydroxylation sites is 1.